The van der Waals surface area contributed by atoms with Crippen molar-refractivity contribution >= 4 is 27.7 Å². The highest BCUT2D eigenvalue weighted by Gasteiger charge is 2.42. The van der Waals surface area contributed by atoms with E-state index in [1.54, 1.807) is 21.3 Å². The minimum absolute atomic E-state index is 0.0283. The zero-order valence-electron chi connectivity index (χ0n) is 20.4. The van der Waals surface area contributed by atoms with E-state index in [1.165, 1.54) is 7.11 Å². The highest BCUT2D eigenvalue weighted by molar-refractivity contribution is 9.10. The Kier molecular flexibility index (Phi) is 7.21. The van der Waals surface area contributed by atoms with Gasteiger partial charge in [-0.25, -0.2) is 4.79 Å². The van der Waals surface area contributed by atoms with Crippen LogP contribution in [0.4, 0.5) is 0 Å². The van der Waals surface area contributed by atoms with Crippen molar-refractivity contribution in [2.75, 3.05) is 28.4 Å². The van der Waals surface area contributed by atoms with E-state index in [4.69, 9.17) is 18.9 Å². The average molecular weight is 542 g/mol. The Balaban J connectivity index is 1.83. The quantitative estimate of drug-likeness (QED) is 0.514. The number of allylic oxidation sites excluding steroid dienone is 3. The van der Waals surface area contributed by atoms with Crippen molar-refractivity contribution in [3.8, 4) is 17.2 Å². The fourth-order valence-corrected chi connectivity index (χ4v) is 5.38. The number of ketones is 1. The molecule has 0 bridgehead atoms. The van der Waals surface area contributed by atoms with Crippen LogP contribution in [-0.4, -0.2) is 40.2 Å². The molecule has 2 aliphatic rings. The topological polar surface area (TPSA) is 83.1 Å². The zero-order chi connectivity index (χ0) is 25.3. The van der Waals surface area contributed by atoms with Crippen LogP contribution in [0.3, 0.4) is 0 Å². The van der Waals surface area contributed by atoms with Crippen LogP contribution in [0.25, 0.3) is 0 Å². The Morgan fingerprint density at radius 1 is 0.943 bits per heavy atom. The average Bonchev–Trinajstić information content (AvgIpc) is 2.86. The van der Waals surface area contributed by atoms with Gasteiger partial charge in [0.25, 0.3) is 0 Å². The third-order valence-corrected chi connectivity index (χ3v) is 7.11. The van der Waals surface area contributed by atoms with Gasteiger partial charge in [0.05, 0.1) is 39.9 Å². The summed E-state index contributed by atoms with van der Waals surface area (Å²) in [6.07, 6.45) is 0.908. The highest BCUT2D eigenvalue weighted by atomic mass is 79.9. The molecule has 35 heavy (non-hydrogen) atoms. The first-order valence-electron chi connectivity index (χ1n) is 11.2. The second-order valence-corrected chi connectivity index (χ2v) is 9.43. The predicted octanol–water partition coefficient (Wildman–Crippen LogP) is 5.01. The molecule has 2 aromatic rings. The first-order valence-corrected chi connectivity index (χ1v) is 12.0. The molecule has 7 nitrogen and oxygen atoms in total. The van der Waals surface area contributed by atoms with Gasteiger partial charge in [-0.1, -0.05) is 22.0 Å². The zero-order valence-corrected chi connectivity index (χ0v) is 21.9. The number of ether oxygens (including phenoxy) is 4. The lowest BCUT2D eigenvalue weighted by molar-refractivity contribution is -0.136. The van der Waals surface area contributed by atoms with Crippen molar-refractivity contribution in [1.29, 1.82) is 0 Å². The Labute approximate surface area is 213 Å². The molecule has 2 aromatic carbocycles. The van der Waals surface area contributed by atoms with E-state index in [0.717, 1.165) is 21.3 Å². The maximum absolute atomic E-state index is 13.7. The van der Waals surface area contributed by atoms with Crippen LogP contribution in [0.15, 0.2) is 63.4 Å². The van der Waals surface area contributed by atoms with Crippen LogP contribution in [0.2, 0.25) is 0 Å². The summed E-state index contributed by atoms with van der Waals surface area (Å²) in [5.41, 5.74) is 4.15. The normalized spacial score (nSPS) is 19.7. The van der Waals surface area contributed by atoms with Crippen LogP contribution in [0, 0.1) is 0 Å². The molecule has 1 N–H and O–H groups in total. The number of carbonyl (C=O) groups excluding carboxylic acids is 2. The second kappa shape index (κ2) is 10.2. The number of Topliss-reactive ketones (excluding diaryl/α,β-unsaturated/α-hetero) is 1. The molecule has 1 aliphatic heterocycles. The number of halogens is 1. The number of nitrogens with one attached hydrogen (secondary N) is 1. The molecule has 0 radical (unpaired) electrons. The van der Waals surface area contributed by atoms with Gasteiger partial charge in [0.1, 0.15) is 5.75 Å². The van der Waals surface area contributed by atoms with Crippen molar-refractivity contribution in [3.63, 3.8) is 0 Å². The number of rotatable bonds is 6. The third-order valence-electron chi connectivity index (χ3n) is 6.61. The lowest BCUT2D eigenvalue weighted by Gasteiger charge is -2.37. The highest BCUT2D eigenvalue weighted by Crippen LogP contribution is 2.48. The molecule has 0 spiro atoms. The summed E-state index contributed by atoms with van der Waals surface area (Å²) in [6.45, 7) is 1.83. The van der Waals surface area contributed by atoms with Crippen molar-refractivity contribution in [1.82, 2.24) is 5.32 Å². The summed E-state index contributed by atoms with van der Waals surface area (Å²) in [5, 5.41) is 3.35. The van der Waals surface area contributed by atoms with E-state index in [9.17, 15) is 9.59 Å². The molecule has 0 aromatic heterocycles. The van der Waals surface area contributed by atoms with Crippen LogP contribution in [0.5, 0.6) is 17.2 Å². The molecule has 0 fully saturated rings. The molecule has 0 saturated heterocycles. The van der Waals surface area contributed by atoms with Gasteiger partial charge in [0.15, 0.2) is 17.3 Å². The molecule has 184 valence electrons. The SMILES string of the molecule is COC(=O)C1=C(C)NC2=C(C(=O)CC(c3ccc(OC)c(OC)c3)C2)C1c1cc(Br)ccc1OC. The van der Waals surface area contributed by atoms with E-state index in [-0.39, 0.29) is 11.7 Å². The minimum Gasteiger partial charge on any atom is -0.496 e. The van der Waals surface area contributed by atoms with Gasteiger partial charge in [0, 0.05) is 33.4 Å². The summed E-state index contributed by atoms with van der Waals surface area (Å²) in [6, 6.07) is 11.3. The van der Waals surface area contributed by atoms with Gasteiger partial charge in [-0.15, -0.1) is 0 Å². The Morgan fingerprint density at radius 2 is 1.63 bits per heavy atom. The van der Waals surface area contributed by atoms with Gasteiger partial charge in [-0.3, -0.25) is 4.79 Å². The van der Waals surface area contributed by atoms with Crippen LogP contribution >= 0.6 is 15.9 Å². The number of dihydropyridines is 1. The first kappa shape index (κ1) is 24.9. The van der Waals surface area contributed by atoms with E-state index in [1.807, 2.05) is 43.3 Å². The summed E-state index contributed by atoms with van der Waals surface area (Å²) in [4.78, 5) is 26.7. The fraction of sp³-hybridized carbons (Fsp3) is 0.333. The standard InChI is InChI=1S/C27H28BrNO6/c1-14-24(27(31)35-5)25(18-13-17(28)7-9-21(18)32-2)26-19(29-14)10-16(11-20(26)30)15-6-8-22(33-3)23(12-15)34-4/h6-9,12-13,16,25,29H,10-11H2,1-5H3. The second-order valence-electron chi connectivity index (χ2n) is 8.51. The van der Waals surface area contributed by atoms with Crippen molar-refractivity contribution in [2.45, 2.75) is 31.6 Å². The Morgan fingerprint density at radius 3 is 2.29 bits per heavy atom. The third kappa shape index (κ3) is 4.55. The molecule has 8 heteroatoms. The van der Waals surface area contributed by atoms with Crippen LogP contribution in [0.1, 0.15) is 42.7 Å². The maximum atomic E-state index is 13.7. The monoisotopic (exact) mass is 541 g/mol. The molecule has 2 atom stereocenters. The molecule has 4 rings (SSSR count). The Bertz CT molecular complexity index is 1250. The smallest absolute Gasteiger partial charge is 0.336 e. The maximum Gasteiger partial charge on any atom is 0.336 e. The molecule has 1 heterocycles. The van der Waals surface area contributed by atoms with Crippen LogP contribution in [-0.2, 0) is 14.3 Å². The predicted molar refractivity (Wildman–Crippen MR) is 135 cm³/mol. The van der Waals surface area contributed by atoms with E-state index in [2.05, 4.69) is 21.2 Å². The van der Waals surface area contributed by atoms with Gasteiger partial charge in [-0.05, 0) is 55.2 Å². The van der Waals surface area contributed by atoms with E-state index < -0.39 is 11.9 Å². The summed E-state index contributed by atoms with van der Waals surface area (Å²) in [7, 11) is 6.11. The summed E-state index contributed by atoms with van der Waals surface area (Å²) in [5.74, 6) is 0.682. The number of esters is 1. The van der Waals surface area contributed by atoms with Crippen molar-refractivity contribution in [2.24, 2.45) is 0 Å². The number of methoxy groups -OCH3 is 4. The number of hydrogen-bond donors (Lipinski definition) is 1. The molecule has 0 amide bonds. The molecule has 1 aliphatic carbocycles. The lowest BCUT2D eigenvalue weighted by atomic mass is 9.71. The van der Waals surface area contributed by atoms with Crippen LogP contribution < -0.4 is 19.5 Å². The van der Waals surface area contributed by atoms with E-state index in [0.29, 0.717) is 46.9 Å². The van der Waals surface area contributed by atoms with Crippen molar-refractivity contribution < 1.29 is 28.5 Å². The molecule has 0 saturated carbocycles. The molecule has 2 unspecified atom stereocenters. The fourth-order valence-electron chi connectivity index (χ4n) is 5.00. The van der Waals surface area contributed by atoms with Gasteiger partial charge < -0.3 is 24.3 Å². The summed E-state index contributed by atoms with van der Waals surface area (Å²) < 4.78 is 22.4. The van der Waals surface area contributed by atoms with E-state index >= 15 is 0 Å². The number of benzene rings is 2. The van der Waals surface area contributed by atoms with Gasteiger partial charge in [0.2, 0.25) is 0 Å². The first-order chi connectivity index (χ1) is 16.8. The molecular formula is C27H28BrNO6. The van der Waals surface area contributed by atoms with Gasteiger partial charge in [-0.2, -0.15) is 0 Å². The largest absolute Gasteiger partial charge is 0.496 e. The lowest BCUT2D eigenvalue weighted by Crippen LogP contribution is -2.36. The molecular weight excluding hydrogens is 514 g/mol. The number of carbonyl (C=O) groups is 2. The van der Waals surface area contributed by atoms with Crippen molar-refractivity contribution in [3.05, 3.63) is 74.5 Å². The summed E-state index contributed by atoms with van der Waals surface area (Å²) >= 11 is 3.52. The minimum atomic E-state index is -0.606. The van der Waals surface area contributed by atoms with Gasteiger partial charge >= 0.3 is 5.97 Å². The Hall–Kier alpha value is -3.26. The number of hydrogen-bond acceptors (Lipinski definition) is 7.